The fourth-order valence-electron chi connectivity index (χ4n) is 6.44. The van der Waals surface area contributed by atoms with Crippen molar-refractivity contribution in [3.05, 3.63) is 57.1 Å². The zero-order valence-electron chi connectivity index (χ0n) is 17.6. The Bertz CT molecular complexity index is 1220. The smallest absolute Gasteiger partial charge is 0.250 e. The van der Waals surface area contributed by atoms with E-state index in [1.54, 1.807) is 18.2 Å². The minimum absolute atomic E-state index is 0.158. The highest BCUT2D eigenvalue weighted by Gasteiger charge is 2.74. The van der Waals surface area contributed by atoms with Crippen LogP contribution >= 0.6 is 23.2 Å². The summed E-state index contributed by atoms with van der Waals surface area (Å²) < 4.78 is 0. The van der Waals surface area contributed by atoms with Gasteiger partial charge in [-0.3, -0.25) is 19.3 Å². The Morgan fingerprint density at radius 1 is 1.03 bits per heavy atom. The topological polar surface area (TPSA) is 69.7 Å². The Labute approximate surface area is 195 Å². The molecule has 0 bridgehead atoms. The van der Waals surface area contributed by atoms with Crippen molar-refractivity contribution in [2.75, 3.05) is 16.8 Å². The van der Waals surface area contributed by atoms with E-state index in [-0.39, 0.29) is 23.8 Å². The summed E-state index contributed by atoms with van der Waals surface area (Å²) in [6.07, 6.45) is 1.66. The van der Waals surface area contributed by atoms with Crippen LogP contribution in [-0.4, -0.2) is 35.2 Å². The van der Waals surface area contributed by atoms with E-state index in [0.717, 1.165) is 35.2 Å². The zero-order chi connectivity index (χ0) is 22.5. The molecule has 0 unspecified atom stereocenters. The van der Waals surface area contributed by atoms with E-state index in [0.29, 0.717) is 22.3 Å². The molecular weight excluding hydrogens is 449 g/mol. The summed E-state index contributed by atoms with van der Waals surface area (Å²) in [5, 5.41) is 3.76. The summed E-state index contributed by atoms with van der Waals surface area (Å²) in [6.45, 7) is 4.65. The van der Waals surface area contributed by atoms with E-state index in [4.69, 9.17) is 23.2 Å². The molecule has 3 saturated heterocycles. The Morgan fingerprint density at radius 2 is 1.75 bits per heavy atom. The van der Waals surface area contributed by atoms with Gasteiger partial charge in [-0.05, 0) is 62.6 Å². The number of nitrogens with one attached hydrogen (secondary N) is 1. The number of carbonyl (C=O) groups excluding carboxylic acids is 3. The first-order chi connectivity index (χ1) is 15.3. The van der Waals surface area contributed by atoms with E-state index >= 15 is 0 Å². The molecule has 4 atom stereocenters. The molecule has 1 N–H and O–H groups in total. The molecule has 3 fully saturated rings. The highest BCUT2D eigenvalue weighted by Crippen LogP contribution is 2.61. The van der Waals surface area contributed by atoms with Crippen molar-refractivity contribution in [2.45, 2.75) is 38.3 Å². The molecule has 164 valence electrons. The lowest BCUT2D eigenvalue weighted by atomic mass is 9.75. The second kappa shape index (κ2) is 6.56. The average Bonchev–Trinajstić information content (AvgIpc) is 3.43. The van der Waals surface area contributed by atoms with E-state index in [1.807, 2.05) is 26.0 Å². The molecule has 4 heterocycles. The van der Waals surface area contributed by atoms with Crippen LogP contribution < -0.4 is 10.2 Å². The predicted octanol–water partition coefficient (Wildman–Crippen LogP) is 4.04. The van der Waals surface area contributed by atoms with Crippen LogP contribution in [0.2, 0.25) is 10.0 Å². The van der Waals surface area contributed by atoms with Gasteiger partial charge in [0.2, 0.25) is 17.7 Å². The molecule has 3 amide bonds. The number of fused-ring (bicyclic) bond motifs is 7. The maximum atomic E-state index is 13.9. The molecule has 4 aliphatic rings. The molecular formula is C24H21Cl2N3O3. The number of halogens is 2. The largest absolute Gasteiger partial charge is 0.324 e. The molecule has 2 aromatic rings. The number of amides is 3. The predicted molar refractivity (Wildman–Crippen MR) is 122 cm³/mol. The van der Waals surface area contributed by atoms with Gasteiger partial charge in [-0.2, -0.15) is 0 Å². The van der Waals surface area contributed by atoms with Crippen LogP contribution in [0.3, 0.4) is 0 Å². The zero-order valence-corrected chi connectivity index (χ0v) is 19.1. The molecule has 4 aliphatic heterocycles. The van der Waals surface area contributed by atoms with E-state index < -0.39 is 17.4 Å². The Kier molecular flexibility index (Phi) is 4.15. The van der Waals surface area contributed by atoms with Gasteiger partial charge in [0.15, 0.2) is 0 Å². The maximum Gasteiger partial charge on any atom is 0.250 e. The lowest BCUT2D eigenvalue weighted by Gasteiger charge is -2.36. The van der Waals surface area contributed by atoms with Crippen LogP contribution in [0.1, 0.15) is 29.5 Å². The first kappa shape index (κ1) is 20.2. The van der Waals surface area contributed by atoms with Gasteiger partial charge in [0, 0.05) is 27.3 Å². The van der Waals surface area contributed by atoms with E-state index in [2.05, 4.69) is 10.2 Å². The molecule has 6 rings (SSSR count). The Morgan fingerprint density at radius 3 is 2.47 bits per heavy atom. The number of rotatable bonds is 1. The van der Waals surface area contributed by atoms with Crippen LogP contribution in [-0.2, 0) is 19.9 Å². The van der Waals surface area contributed by atoms with Crippen molar-refractivity contribution in [2.24, 2.45) is 11.8 Å². The fraction of sp³-hybridized carbons (Fsp3) is 0.375. The third-order valence-electron chi connectivity index (χ3n) is 7.80. The summed E-state index contributed by atoms with van der Waals surface area (Å²) in [5.74, 6) is -2.23. The van der Waals surface area contributed by atoms with Gasteiger partial charge in [0.1, 0.15) is 5.54 Å². The highest BCUT2D eigenvalue weighted by atomic mass is 35.5. The molecule has 1 spiro atoms. The van der Waals surface area contributed by atoms with E-state index in [1.165, 1.54) is 4.90 Å². The fourth-order valence-corrected chi connectivity index (χ4v) is 6.96. The van der Waals surface area contributed by atoms with Gasteiger partial charge < -0.3 is 5.32 Å². The third kappa shape index (κ3) is 2.28. The van der Waals surface area contributed by atoms with Gasteiger partial charge in [-0.25, -0.2) is 4.90 Å². The average molecular weight is 470 g/mol. The lowest BCUT2D eigenvalue weighted by molar-refractivity contribution is -0.135. The molecule has 0 aromatic heterocycles. The van der Waals surface area contributed by atoms with Crippen LogP contribution in [0, 0.1) is 25.7 Å². The SMILES string of the molecule is Cc1ccc2c(c1C)NC(=O)[C@@]21[C@@H]2C(=O)N(c3cc(Cl)cc(Cl)c3)C(=O)[C@@H]2[C@@H]2CCCN21. The summed E-state index contributed by atoms with van der Waals surface area (Å²) in [5.41, 5.74) is 2.80. The summed E-state index contributed by atoms with van der Waals surface area (Å²) in [4.78, 5) is 44.7. The third-order valence-corrected chi connectivity index (χ3v) is 8.24. The summed E-state index contributed by atoms with van der Waals surface area (Å²) >= 11 is 12.3. The number of imide groups is 1. The summed E-state index contributed by atoms with van der Waals surface area (Å²) in [7, 11) is 0. The number of hydrogen-bond acceptors (Lipinski definition) is 4. The van der Waals surface area contributed by atoms with Crippen LogP contribution in [0.4, 0.5) is 11.4 Å². The minimum atomic E-state index is -1.18. The number of aryl methyl sites for hydroxylation is 1. The molecule has 0 saturated carbocycles. The van der Waals surface area contributed by atoms with Crippen molar-refractivity contribution in [1.82, 2.24) is 4.90 Å². The summed E-state index contributed by atoms with van der Waals surface area (Å²) in [6, 6.07) is 8.48. The molecule has 0 radical (unpaired) electrons. The molecule has 6 nitrogen and oxygen atoms in total. The van der Waals surface area contributed by atoms with Crippen LogP contribution in [0.5, 0.6) is 0 Å². The first-order valence-electron chi connectivity index (χ1n) is 10.8. The van der Waals surface area contributed by atoms with Gasteiger partial charge in [-0.15, -0.1) is 0 Å². The second-order valence-corrected chi connectivity index (χ2v) is 10.1. The molecule has 32 heavy (non-hydrogen) atoms. The van der Waals surface area contributed by atoms with Crippen molar-refractivity contribution < 1.29 is 14.4 Å². The lowest BCUT2D eigenvalue weighted by Crippen LogP contribution is -2.54. The molecule has 2 aromatic carbocycles. The van der Waals surface area contributed by atoms with Crippen molar-refractivity contribution >= 4 is 52.3 Å². The van der Waals surface area contributed by atoms with Crippen LogP contribution in [0.25, 0.3) is 0 Å². The van der Waals surface area contributed by atoms with Crippen molar-refractivity contribution in [3.8, 4) is 0 Å². The Balaban J connectivity index is 1.57. The number of anilines is 2. The Hall–Kier alpha value is -2.41. The van der Waals surface area contributed by atoms with Crippen molar-refractivity contribution in [1.29, 1.82) is 0 Å². The normalized spacial score (nSPS) is 30.8. The minimum Gasteiger partial charge on any atom is -0.324 e. The number of benzene rings is 2. The number of hydrogen-bond donors (Lipinski definition) is 1. The van der Waals surface area contributed by atoms with Gasteiger partial charge in [0.25, 0.3) is 0 Å². The number of carbonyl (C=O) groups is 3. The van der Waals surface area contributed by atoms with Crippen LogP contribution in [0.15, 0.2) is 30.3 Å². The van der Waals surface area contributed by atoms with Gasteiger partial charge >= 0.3 is 0 Å². The van der Waals surface area contributed by atoms with Crippen molar-refractivity contribution in [3.63, 3.8) is 0 Å². The molecule has 8 heteroatoms. The second-order valence-electron chi connectivity index (χ2n) is 9.20. The van der Waals surface area contributed by atoms with E-state index in [9.17, 15) is 14.4 Å². The first-order valence-corrected chi connectivity index (χ1v) is 11.5. The maximum absolute atomic E-state index is 13.9. The van der Waals surface area contributed by atoms with Gasteiger partial charge in [-0.1, -0.05) is 35.3 Å². The molecule has 0 aliphatic carbocycles. The highest BCUT2D eigenvalue weighted by molar-refractivity contribution is 6.36. The monoisotopic (exact) mass is 469 g/mol. The van der Waals surface area contributed by atoms with Gasteiger partial charge in [0.05, 0.1) is 17.5 Å². The standard InChI is InChI=1S/C24H21Cl2N3O3/c1-11-5-6-16-20(12(11)2)27-23(32)24(16)19-18(17-4-3-7-28(17)24)21(30)29(22(19)31)15-9-13(25)8-14(26)10-15/h5-6,8-10,17-19H,3-4,7H2,1-2H3,(H,27,32)/t17-,18+,19-,24-/m0/s1. The number of nitrogens with zero attached hydrogens (tertiary/aromatic N) is 2. The quantitative estimate of drug-likeness (QED) is 0.639.